The van der Waals surface area contributed by atoms with Crippen LogP contribution in [-0.4, -0.2) is 34.8 Å². The third-order valence-corrected chi connectivity index (χ3v) is 8.29. The van der Waals surface area contributed by atoms with Gasteiger partial charge in [0.1, 0.15) is 23.1 Å². The number of nitriles is 1. The number of benzene rings is 1. The van der Waals surface area contributed by atoms with E-state index in [2.05, 4.69) is 21.6 Å². The topological polar surface area (TPSA) is 147 Å². The predicted molar refractivity (Wildman–Crippen MR) is 144 cm³/mol. The van der Waals surface area contributed by atoms with Crippen LogP contribution in [-0.2, 0) is 9.59 Å². The van der Waals surface area contributed by atoms with Gasteiger partial charge in [-0.3, -0.25) is 14.5 Å². The minimum absolute atomic E-state index is 0.0372. The second kappa shape index (κ2) is 10.7. The van der Waals surface area contributed by atoms with Gasteiger partial charge < -0.3 is 20.2 Å². The molecular weight excluding hydrogens is 524 g/mol. The summed E-state index contributed by atoms with van der Waals surface area (Å²) in [7, 11) is 1.58. The van der Waals surface area contributed by atoms with E-state index in [1.807, 2.05) is 6.92 Å². The zero-order chi connectivity index (χ0) is 26.8. The van der Waals surface area contributed by atoms with Crippen LogP contribution in [0.2, 0.25) is 0 Å². The Balaban J connectivity index is 1.38. The minimum atomic E-state index is -0.656. The number of anilines is 2. The number of nitrogens with two attached hydrogens (primary N) is 1. The molecule has 3 N–H and O–H groups in total. The van der Waals surface area contributed by atoms with Gasteiger partial charge in [0.15, 0.2) is 10.1 Å². The van der Waals surface area contributed by atoms with Gasteiger partial charge in [-0.25, -0.2) is 0 Å². The maximum atomic E-state index is 13.1. The maximum absolute atomic E-state index is 13.1. The summed E-state index contributed by atoms with van der Waals surface area (Å²) in [5.74, 6) is 1.34. The Kier molecular flexibility index (Phi) is 7.22. The SMILES string of the molecule is COc1ccc(NC(=O)CSc2nnc(N3C(N)=C(C#N)C(c4ccc(C)o4)C4=C3CCCC4=O)s2)cc1. The number of carbonyl (C=O) groups is 2. The highest BCUT2D eigenvalue weighted by molar-refractivity contribution is 8.01. The summed E-state index contributed by atoms with van der Waals surface area (Å²) in [6.07, 6.45) is 1.66. The molecule has 0 fully saturated rings. The summed E-state index contributed by atoms with van der Waals surface area (Å²) < 4.78 is 11.5. The second-order valence-corrected chi connectivity index (χ2v) is 10.9. The van der Waals surface area contributed by atoms with Gasteiger partial charge in [0, 0.05) is 23.4 Å². The zero-order valence-corrected chi connectivity index (χ0v) is 22.3. The Bertz CT molecular complexity index is 1500. The summed E-state index contributed by atoms with van der Waals surface area (Å²) in [4.78, 5) is 27.3. The minimum Gasteiger partial charge on any atom is -0.497 e. The highest BCUT2D eigenvalue weighted by Crippen LogP contribution is 2.47. The number of nitrogens with zero attached hydrogens (tertiary/aromatic N) is 4. The van der Waals surface area contributed by atoms with Crippen molar-refractivity contribution in [1.82, 2.24) is 10.2 Å². The van der Waals surface area contributed by atoms with Crippen molar-refractivity contribution >= 4 is 45.6 Å². The normalized spacial score (nSPS) is 17.3. The molecule has 1 amide bonds. The van der Waals surface area contributed by atoms with E-state index < -0.39 is 5.92 Å². The molecule has 1 aliphatic carbocycles. The lowest BCUT2D eigenvalue weighted by Gasteiger charge is -2.37. The van der Waals surface area contributed by atoms with Crippen molar-refractivity contribution in [1.29, 1.82) is 5.26 Å². The van der Waals surface area contributed by atoms with E-state index in [1.165, 1.54) is 23.1 Å². The Morgan fingerprint density at radius 2 is 2.08 bits per heavy atom. The number of ether oxygens (including phenoxy) is 1. The number of Topliss-reactive ketones (excluding diaryl/α,β-unsaturated/α-hetero) is 1. The molecule has 1 aromatic carbocycles. The third-order valence-electron chi connectivity index (χ3n) is 6.25. The van der Waals surface area contributed by atoms with E-state index in [0.717, 1.165) is 0 Å². The van der Waals surface area contributed by atoms with Crippen LogP contribution in [0, 0.1) is 18.3 Å². The molecule has 1 aliphatic heterocycles. The van der Waals surface area contributed by atoms with Crippen molar-refractivity contribution in [2.24, 2.45) is 5.73 Å². The van der Waals surface area contributed by atoms with Crippen molar-refractivity contribution in [3.63, 3.8) is 0 Å². The molecule has 2 aliphatic rings. The number of aryl methyl sites for hydroxylation is 1. The van der Waals surface area contributed by atoms with Crippen LogP contribution in [0.15, 0.2) is 67.8 Å². The van der Waals surface area contributed by atoms with Crippen LogP contribution in [0.5, 0.6) is 5.75 Å². The Hall–Kier alpha value is -4.08. The first-order chi connectivity index (χ1) is 18.4. The number of ketones is 1. The number of hydrogen-bond donors (Lipinski definition) is 2. The molecule has 10 nitrogen and oxygen atoms in total. The van der Waals surface area contributed by atoms with Crippen LogP contribution in [0.1, 0.15) is 36.7 Å². The van der Waals surface area contributed by atoms with Crippen LogP contribution >= 0.6 is 23.1 Å². The van der Waals surface area contributed by atoms with Gasteiger partial charge >= 0.3 is 0 Å². The predicted octanol–water partition coefficient (Wildman–Crippen LogP) is 4.48. The number of methoxy groups -OCH3 is 1. The van der Waals surface area contributed by atoms with Crippen LogP contribution in [0.3, 0.4) is 0 Å². The van der Waals surface area contributed by atoms with Crippen LogP contribution < -0.4 is 20.7 Å². The Labute approximate surface area is 227 Å². The number of thioether (sulfide) groups is 1. The molecule has 1 atom stereocenters. The van der Waals surface area contributed by atoms with E-state index in [4.69, 9.17) is 14.9 Å². The summed E-state index contributed by atoms with van der Waals surface area (Å²) in [5, 5.41) is 21.8. The molecule has 12 heteroatoms. The van der Waals surface area contributed by atoms with Crippen LogP contribution in [0.4, 0.5) is 10.8 Å². The van der Waals surface area contributed by atoms with Crippen molar-refractivity contribution in [3.05, 3.63) is 70.6 Å². The number of carbonyl (C=O) groups excluding carboxylic acids is 2. The van der Waals surface area contributed by atoms with Crippen molar-refractivity contribution in [3.8, 4) is 11.8 Å². The van der Waals surface area contributed by atoms with E-state index in [0.29, 0.717) is 63.0 Å². The summed E-state index contributed by atoms with van der Waals surface area (Å²) >= 11 is 2.48. The van der Waals surface area contributed by atoms with Crippen molar-refractivity contribution in [2.45, 2.75) is 36.4 Å². The van der Waals surface area contributed by atoms with Gasteiger partial charge in [-0.15, -0.1) is 10.2 Å². The fourth-order valence-corrected chi connectivity index (χ4v) is 6.23. The molecule has 0 saturated carbocycles. The average molecular weight is 549 g/mol. The molecule has 3 heterocycles. The van der Waals surface area contributed by atoms with Crippen molar-refractivity contribution < 1.29 is 18.7 Å². The molecule has 0 saturated heterocycles. The Morgan fingerprint density at radius 1 is 1.29 bits per heavy atom. The highest BCUT2D eigenvalue weighted by atomic mass is 32.2. The lowest BCUT2D eigenvalue weighted by molar-refractivity contribution is -0.116. The number of furan rings is 1. The lowest BCUT2D eigenvalue weighted by Crippen LogP contribution is -2.38. The van der Waals surface area contributed by atoms with Crippen molar-refractivity contribution in [2.75, 3.05) is 23.1 Å². The molecule has 2 aromatic heterocycles. The number of hydrogen-bond acceptors (Lipinski definition) is 11. The summed E-state index contributed by atoms with van der Waals surface area (Å²) in [5.41, 5.74) is 8.66. The molecule has 38 heavy (non-hydrogen) atoms. The number of rotatable bonds is 7. The highest BCUT2D eigenvalue weighted by Gasteiger charge is 2.42. The molecule has 0 spiro atoms. The van der Waals surface area contributed by atoms with E-state index in [-0.39, 0.29) is 28.8 Å². The maximum Gasteiger partial charge on any atom is 0.234 e. The zero-order valence-electron chi connectivity index (χ0n) is 20.7. The van der Waals surface area contributed by atoms with Crippen LogP contribution in [0.25, 0.3) is 0 Å². The third kappa shape index (κ3) is 4.90. The fourth-order valence-electron chi connectivity index (χ4n) is 4.55. The molecular formula is C26H24N6O4S2. The molecule has 0 radical (unpaired) electrons. The van der Waals surface area contributed by atoms with Gasteiger partial charge in [-0.2, -0.15) is 5.26 Å². The first-order valence-corrected chi connectivity index (χ1v) is 13.6. The number of aromatic nitrogens is 2. The standard InChI is InChI=1S/C26H24N6O4S2/c1-14-6-11-20(36-14)22-17(12-27)24(28)32(18-4-3-5-19(33)23(18)22)25-30-31-26(38-25)37-13-21(34)29-15-7-9-16(35-2)10-8-15/h6-11,22H,3-5,13,28H2,1-2H3,(H,29,34). The van der Waals surface area contributed by atoms with E-state index in [1.54, 1.807) is 48.4 Å². The van der Waals surface area contributed by atoms with Gasteiger partial charge in [-0.1, -0.05) is 23.1 Å². The second-order valence-electron chi connectivity index (χ2n) is 8.68. The molecule has 0 bridgehead atoms. The lowest BCUT2D eigenvalue weighted by atomic mass is 9.78. The quantitative estimate of drug-likeness (QED) is 0.405. The molecule has 1 unspecified atom stereocenters. The van der Waals surface area contributed by atoms with Gasteiger partial charge in [0.05, 0.1) is 30.4 Å². The van der Waals surface area contributed by atoms with Gasteiger partial charge in [0.25, 0.3) is 0 Å². The largest absolute Gasteiger partial charge is 0.497 e. The number of amides is 1. The average Bonchev–Trinajstić information content (AvgIpc) is 3.56. The molecule has 5 rings (SSSR count). The Morgan fingerprint density at radius 3 is 2.76 bits per heavy atom. The monoisotopic (exact) mass is 548 g/mol. The van der Waals surface area contributed by atoms with Gasteiger partial charge in [0.2, 0.25) is 11.0 Å². The van der Waals surface area contributed by atoms with E-state index in [9.17, 15) is 14.9 Å². The number of nitrogens with one attached hydrogen (secondary N) is 1. The van der Waals surface area contributed by atoms with E-state index >= 15 is 0 Å². The summed E-state index contributed by atoms with van der Waals surface area (Å²) in [6, 6.07) is 12.8. The fraction of sp³-hybridized carbons (Fsp3) is 0.269. The molecule has 194 valence electrons. The first kappa shape index (κ1) is 25.6. The molecule has 3 aromatic rings. The summed E-state index contributed by atoms with van der Waals surface area (Å²) in [6.45, 7) is 1.81. The first-order valence-electron chi connectivity index (χ1n) is 11.8. The smallest absolute Gasteiger partial charge is 0.234 e. The van der Waals surface area contributed by atoms with Gasteiger partial charge in [-0.05, 0) is 56.2 Å². The number of allylic oxidation sites excluding steroid dienone is 3.